The molecule has 1 fully saturated rings. The van der Waals surface area contributed by atoms with E-state index in [4.69, 9.17) is 0 Å². The second-order valence-corrected chi connectivity index (χ2v) is 6.70. The number of carboxylic acid groups (broad SMARTS) is 1. The topological polar surface area (TPSA) is 95.5 Å². The van der Waals surface area contributed by atoms with E-state index in [1.54, 1.807) is 24.3 Å². The Morgan fingerprint density at radius 1 is 1.00 bits per heavy atom. The van der Waals surface area contributed by atoms with Gasteiger partial charge in [-0.3, -0.25) is 25.2 Å². The molecular weight excluding hydrogens is 364 g/mol. The molecule has 3 rings (SSSR count). The predicted molar refractivity (Wildman–Crippen MR) is 85.1 cm³/mol. The minimum Gasteiger partial charge on any atom is -0.481 e. The number of benzene rings is 1. The number of hydrogen-bond acceptors (Lipinski definition) is 3. The van der Waals surface area contributed by atoms with E-state index < -0.39 is 29.6 Å². The Morgan fingerprint density at radius 2 is 1.61 bits per heavy atom. The molecule has 0 unspecified atom stereocenters. The first-order chi connectivity index (χ1) is 11.0. The van der Waals surface area contributed by atoms with Gasteiger partial charge in [0.2, 0.25) is 5.91 Å². The van der Waals surface area contributed by atoms with Crippen LogP contribution in [-0.2, 0) is 9.59 Å². The zero-order valence-corrected chi connectivity index (χ0v) is 13.6. The summed E-state index contributed by atoms with van der Waals surface area (Å²) in [6.07, 6.45) is 4.44. The molecule has 0 saturated heterocycles. The predicted octanol–water partition coefficient (Wildman–Crippen LogP) is 1.73. The fourth-order valence-electron chi connectivity index (χ4n) is 3.39. The quantitative estimate of drug-likeness (QED) is 0.551. The summed E-state index contributed by atoms with van der Waals surface area (Å²) in [6.45, 7) is 0. The van der Waals surface area contributed by atoms with E-state index in [-0.39, 0.29) is 11.8 Å². The van der Waals surface area contributed by atoms with Crippen molar-refractivity contribution in [1.82, 2.24) is 10.9 Å². The van der Waals surface area contributed by atoms with Gasteiger partial charge in [0.05, 0.1) is 11.8 Å². The highest BCUT2D eigenvalue weighted by Crippen LogP contribution is 2.48. The highest BCUT2D eigenvalue weighted by atomic mass is 79.9. The molecule has 23 heavy (non-hydrogen) atoms. The number of carboxylic acids is 1. The summed E-state index contributed by atoms with van der Waals surface area (Å²) in [6, 6.07) is 6.67. The number of amides is 2. The zero-order chi connectivity index (χ0) is 16.6. The Hall–Kier alpha value is -2.15. The van der Waals surface area contributed by atoms with Gasteiger partial charge < -0.3 is 5.11 Å². The number of aliphatic carboxylic acids is 1. The van der Waals surface area contributed by atoms with E-state index >= 15 is 0 Å². The maximum atomic E-state index is 12.3. The Balaban J connectivity index is 1.63. The number of hydrazine groups is 1. The lowest BCUT2D eigenvalue weighted by Crippen LogP contribution is -2.48. The molecule has 2 aliphatic rings. The van der Waals surface area contributed by atoms with Gasteiger partial charge in [-0.1, -0.05) is 28.1 Å². The van der Waals surface area contributed by atoms with Gasteiger partial charge in [0.15, 0.2) is 0 Å². The van der Waals surface area contributed by atoms with Crippen LogP contribution in [0.2, 0.25) is 0 Å². The van der Waals surface area contributed by atoms with E-state index in [9.17, 15) is 19.5 Å². The Bertz CT molecular complexity index is 686. The van der Waals surface area contributed by atoms with Crippen molar-refractivity contribution < 1.29 is 19.5 Å². The van der Waals surface area contributed by atoms with E-state index in [2.05, 4.69) is 26.8 Å². The molecule has 2 aliphatic carbocycles. The van der Waals surface area contributed by atoms with E-state index in [0.29, 0.717) is 12.0 Å². The minimum absolute atomic E-state index is 0.0781. The molecule has 0 aromatic heterocycles. The molecule has 0 aliphatic heterocycles. The summed E-state index contributed by atoms with van der Waals surface area (Å²) in [5.74, 6) is -3.43. The maximum Gasteiger partial charge on any atom is 0.307 e. The monoisotopic (exact) mass is 378 g/mol. The highest BCUT2D eigenvalue weighted by molar-refractivity contribution is 9.10. The highest BCUT2D eigenvalue weighted by Gasteiger charge is 2.51. The normalized spacial score (nSPS) is 27.7. The standard InChI is InChI=1S/C16H15BrN2O4/c17-11-5-3-8(4-6-11)14(20)18-19-15(21)12-9-1-2-10(7-9)13(12)16(22)23/h1-6,9-10,12-13H,7H2,(H,18,20)(H,19,21)(H,22,23)/t9-,10-,12-,13+/m0/s1. The molecule has 0 radical (unpaired) electrons. The van der Waals surface area contributed by atoms with Crippen LogP contribution in [0.3, 0.4) is 0 Å². The first kappa shape index (κ1) is 15.7. The second kappa shape index (κ2) is 6.16. The third-order valence-electron chi connectivity index (χ3n) is 4.45. The fraction of sp³-hybridized carbons (Fsp3) is 0.312. The smallest absolute Gasteiger partial charge is 0.307 e. The molecular formula is C16H15BrN2O4. The molecule has 2 bridgehead atoms. The Kier molecular flexibility index (Phi) is 4.21. The van der Waals surface area contributed by atoms with Gasteiger partial charge in [0, 0.05) is 10.0 Å². The zero-order valence-electron chi connectivity index (χ0n) is 12.0. The summed E-state index contributed by atoms with van der Waals surface area (Å²) in [7, 11) is 0. The first-order valence-corrected chi connectivity index (χ1v) is 8.03. The van der Waals surface area contributed by atoms with Gasteiger partial charge in [-0.25, -0.2) is 0 Å². The Morgan fingerprint density at radius 3 is 2.22 bits per heavy atom. The molecule has 1 aromatic carbocycles. The molecule has 2 amide bonds. The van der Waals surface area contributed by atoms with Crippen LogP contribution in [0.1, 0.15) is 16.8 Å². The van der Waals surface area contributed by atoms with Crippen LogP contribution in [0.15, 0.2) is 40.9 Å². The average Bonchev–Trinajstić information content (AvgIpc) is 3.13. The fourth-order valence-corrected chi connectivity index (χ4v) is 3.66. The molecule has 0 heterocycles. The van der Waals surface area contributed by atoms with Crippen LogP contribution in [-0.4, -0.2) is 22.9 Å². The van der Waals surface area contributed by atoms with Crippen molar-refractivity contribution in [3.63, 3.8) is 0 Å². The van der Waals surface area contributed by atoms with Gasteiger partial charge in [-0.15, -0.1) is 0 Å². The number of carbonyl (C=O) groups excluding carboxylic acids is 2. The van der Waals surface area contributed by atoms with Gasteiger partial charge in [0.25, 0.3) is 5.91 Å². The molecule has 120 valence electrons. The van der Waals surface area contributed by atoms with Crippen LogP contribution < -0.4 is 10.9 Å². The van der Waals surface area contributed by atoms with Gasteiger partial charge in [-0.2, -0.15) is 0 Å². The summed E-state index contributed by atoms with van der Waals surface area (Å²) in [5, 5.41) is 9.33. The van der Waals surface area contributed by atoms with Crippen LogP contribution in [0.5, 0.6) is 0 Å². The summed E-state index contributed by atoms with van der Waals surface area (Å²) < 4.78 is 0.844. The third kappa shape index (κ3) is 3.01. The van der Waals surface area contributed by atoms with Gasteiger partial charge in [-0.05, 0) is 42.5 Å². The van der Waals surface area contributed by atoms with Crippen LogP contribution in [0.4, 0.5) is 0 Å². The van der Waals surface area contributed by atoms with Crippen molar-refractivity contribution in [2.24, 2.45) is 23.7 Å². The lowest BCUT2D eigenvalue weighted by atomic mass is 9.82. The number of carbonyl (C=O) groups is 3. The average molecular weight is 379 g/mol. The summed E-state index contributed by atoms with van der Waals surface area (Å²) in [5.41, 5.74) is 5.10. The lowest BCUT2D eigenvalue weighted by molar-refractivity contribution is -0.148. The van der Waals surface area contributed by atoms with Crippen molar-refractivity contribution in [2.45, 2.75) is 6.42 Å². The van der Waals surface area contributed by atoms with Crippen molar-refractivity contribution >= 4 is 33.7 Å². The maximum absolute atomic E-state index is 12.3. The largest absolute Gasteiger partial charge is 0.481 e. The van der Waals surface area contributed by atoms with Gasteiger partial charge >= 0.3 is 5.97 Å². The van der Waals surface area contributed by atoms with Crippen LogP contribution >= 0.6 is 15.9 Å². The molecule has 4 atom stereocenters. The number of halogens is 1. The Labute approximate surface area is 141 Å². The van der Waals surface area contributed by atoms with Crippen LogP contribution in [0, 0.1) is 23.7 Å². The van der Waals surface area contributed by atoms with E-state index in [1.165, 1.54) is 0 Å². The lowest BCUT2D eigenvalue weighted by Gasteiger charge is -2.23. The number of nitrogens with one attached hydrogen (secondary N) is 2. The summed E-state index contributed by atoms with van der Waals surface area (Å²) >= 11 is 3.28. The van der Waals surface area contributed by atoms with Crippen molar-refractivity contribution in [1.29, 1.82) is 0 Å². The number of fused-ring (bicyclic) bond motifs is 2. The molecule has 1 aromatic rings. The minimum atomic E-state index is -0.971. The second-order valence-electron chi connectivity index (χ2n) is 5.79. The van der Waals surface area contributed by atoms with Crippen molar-refractivity contribution in [3.05, 3.63) is 46.5 Å². The van der Waals surface area contributed by atoms with E-state index in [1.807, 2.05) is 12.2 Å². The summed E-state index contributed by atoms with van der Waals surface area (Å²) in [4.78, 5) is 35.7. The third-order valence-corrected chi connectivity index (χ3v) is 4.98. The van der Waals surface area contributed by atoms with Crippen LogP contribution in [0.25, 0.3) is 0 Å². The molecule has 0 spiro atoms. The van der Waals surface area contributed by atoms with Gasteiger partial charge in [0.1, 0.15) is 0 Å². The van der Waals surface area contributed by atoms with E-state index in [0.717, 1.165) is 4.47 Å². The molecule has 1 saturated carbocycles. The number of rotatable bonds is 3. The van der Waals surface area contributed by atoms with Crippen molar-refractivity contribution in [2.75, 3.05) is 0 Å². The number of hydrogen-bond donors (Lipinski definition) is 3. The first-order valence-electron chi connectivity index (χ1n) is 7.24. The number of allylic oxidation sites excluding steroid dienone is 2. The molecule has 7 heteroatoms. The SMILES string of the molecule is O=C(NNC(=O)[C@@H]1[C@H](C(=O)O)[C@H]2C=C[C@H]1C2)c1ccc(Br)cc1. The molecule has 6 nitrogen and oxygen atoms in total. The molecule has 3 N–H and O–H groups in total. The van der Waals surface area contributed by atoms with Crippen molar-refractivity contribution in [3.8, 4) is 0 Å².